The molecule has 0 unspecified atom stereocenters. The number of rotatable bonds is 2. The lowest BCUT2D eigenvalue weighted by atomic mass is 9.85. The van der Waals surface area contributed by atoms with Gasteiger partial charge in [0, 0.05) is 16.5 Å². The fourth-order valence-electron chi connectivity index (χ4n) is 2.38. The molecule has 0 fully saturated rings. The second-order valence-corrected chi connectivity index (χ2v) is 6.18. The van der Waals surface area contributed by atoms with Gasteiger partial charge in [-0.2, -0.15) is 0 Å². The molecule has 112 valence electrons. The first kappa shape index (κ1) is 15.3. The Morgan fingerprint density at radius 1 is 1.24 bits per heavy atom. The van der Waals surface area contributed by atoms with Gasteiger partial charge in [-0.1, -0.05) is 26.8 Å². The van der Waals surface area contributed by atoms with Gasteiger partial charge in [-0.3, -0.25) is 4.79 Å². The summed E-state index contributed by atoms with van der Waals surface area (Å²) in [5.74, 6) is -0.401. The van der Waals surface area contributed by atoms with E-state index in [-0.39, 0.29) is 11.0 Å². The number of aromatic amines is 1. The number of H-pyrrole nitrogens is 1. The molecule has 0 saturated carbocycles. The highest BCUT2D eigenvalue weighted by molar-refractivity contribution is 6.05. The summed E-state index contributed by atoms with van der Waals surface area (Å²) in [6.45, 7) is 10.1. The molecule has 21 heavy (non-hydrogen) atoms. The van der Waals surface area contributed by atoms with Gasteiger partial charge in [0.15, 0.2) is 0 Å². The number of ether oxygens (including phenoxy) is 1. The number of hydrogen-bond acceptors (Lipinski definition) is 3. The lowest BCUT2D eigenvalue weighted by Crippen LogP contribution is -2.17. The molecule has 0 atom stereocenters. The molecule has 0 radical (unpaired) electrons. The van der Waals surface area contributed by atoms with Gasteiger partial charge >= 0.3 is 5.97 Å². The summed E-state index contributed by atoms with van der Waals surface area (Å²) in [4.78, 5) is 27.0. The summed E-state index contributed by atoms with van der Waals surface area (Å²) in [6.07, 6.45) is 0. The van der Waals surface area contributed by atoms with Gasteiger partial charge in [0.2, 0.25) is 0 Å². The summed E-state index contributed by atoms with van der Waals surface area (Å²) in [5, 5.41) is 1.17. The van der Waals surface area contributed by atoms with E-state index in [0.29, 0.717) is 28.6 Å². The highest BCUT2D eigenvalue weighted by atomic mass is 16.5. The quantitative estimate of drug-likeness (QED) is 0.862. The smallest absolute Gasteiger partial charge is 0.340 e. The summed E-state index contributed by atoms with van der Waals surface area (Å²) in [6, 6.07) is 5.63. The molecule has 0 aliphatic rings. The highest BCUT2D eigenvalue weighted by Gasteiger charge is 2.20. The van der Waals surface area contributed by atoms with Crippen LogP contribution in [-0.4, -0.2) is 17.6 Å². The minimum absolute atomic E-state index is 0.0589. The molecule has 0 spiro atoms. The first-order valence-electron chi connectivity index (χ1n) is 7.10. The Morgan fingerprint density at radius 2 is 1.90 bits per heavy atom. The minimum atomic E-state index is -0.401. The van der Waals surface area contributed by atoms with E-state index in [2.05, 4.69) is 25.8 Å². The van der Waals surface area contributed by atoms with E-state index in [1.807, 2.05) is 12.1 Å². The number of carbonyl (C=O) groups is 1. The summed E-state index contributed by atoms with van der Waals surface area (Å²) < 4.78 is 5.12. The fourth-order valence-corrected chi connectivity index (χ4v) is 2.38. The van der Waals surface area contributed by atoms with Crippen molar-refractivity contribution >= 4 is 16.7 Å². The molecular weight excluding hydrogens is 266 g/mol. The first-order valence-corrected chi connectivity index (χ1v) is 7.10. The zero-order valence-corrected chi connectivity index (χ0v) is 13.2. The SMILES string of the molecule is CCOC(=O)c1c(C)[nH]c(=O)c2ccc(C(C)(C)C)cc12. The lowest BCUT2D eigenvalue weighted by Gasteiger charge is -2.20. The second kappa shape index (κ2) is 5.35. The zero-order chi connectivity index (χ0) is 15.8. The van der Waals surface area contributed by atoms with Crippen molar-refractivity contribution in [2.24, 2.45) is 0 Å². The number of carbonyl (C=O) groups excluding carboxylic acids is 1. The highest BCUT2D eigenvalue weighted by Crippen LogP contribution is 2.27. The molecule has 2 rings (SSSR count). The Morgan fingerprint density at radius 3 is 2.48 bits per heavy atom. The average molecular weight is 287 g/mol. The predicted molar refractivity (Wildman–Crippen MR) is 84.0 cm³/mol. The monoisotopic (exact) mass is 287 g/mol. The zero-order valence-electron chi connectivity index (χ0n) is 13.2. The Labute approximate surface area is 124 Å². The third-order valence-corrected chi connectivity index (χ3v) is 3.56. The van der Waals surface area contributed by atoms with E-state index in [1.165, 1.54) is 0 Å². The van der Waals surface area contributed by atoms with Gasteiger partial charge in [-0.15, -0.1) is 0 Å². The number of aromatic nitrogens is 1. The van der Waals surface area contributed by atoms with Crippen LogP contribution in [0, 0.1) is 6.92 Å². The van der Waals surface area contributed by atoms with Crippen molar-refractivity contribution < 1.29 is 9.53 Å². The Balaban J connectivity index is 2.82. The van der Waals surface area contributed by atoms with E-state index in [0.717, 1.165) is 5.56 Å². The molecule has 1 heterocycles. The molecule has 0 amide bonds. The second-order valence-electron chi connectivity index (χ2n) is 6.18. The van der Waals surface area contributed by atoms with Crippen LogP contribution in [0.25, 0.3) is 10.8 Å². The van der Waals surface area contributed by atoms with Crippen molar-refractivity contribution in [2.45, 2.75) is 40.0 Å². The summed E-state index contributed by atoms with van der Waals surface area (Å²) in [7, 11) is 0. The molecule has 4 nitrogen and oxygen atoms in total. The van der Waals surface area contributed by atoms with Crippen molar-refractivity contribution in [3.63, 3.8) is 0 Å². The predicted octanol–water partition coefficient (Wildman–Crippen LogP) is 3.31. The van der Waals surface area contributed by atoms with E-state index < -0.39 is 5.97 Å². The van der Waals surface area contributed by atoms with E-state index in [9.17, 15) is 9.59 Å². The molecule has 1 N–H and O–H groups in total. The lowest BCUT2D eigenvalue weighted by molar-refractivity contribution is 0.0527. The Kier molecular flexibility index (Phi) is 3.90. The number of aryl methyl sites for hydroxylation is 1. The summed E-state index contributed by atoms with van der Waals surface area (Å²) in [5.41, 5.74) is 1.81. The topological polar surface area (TPSA) is 59.2 Å². The van der Waals surface area contributed by atoms with Crippen molar-refractivity contribution in [3.8, 4) is 0 Å². The largest absolute Gasteiger partial charge is 0.462 e. The van der Waals surface area contributed by atoms with Crippen molar-refractivity contribution in [1.82, 2.24) is 4.98 Å². The summed E-state index contributed by atoms with van der Waals surface area (Å²) >= 11 is 0. The van der Waals surface area contributed by atoms with Crippen molar-refractivity contribution in [3.05, 3.63) is 45.4 Å². The number of hydrogen-bond donors (Lipinski definition) is 1. The van der Waals surface area contributed by atoms with Crippen LogP contribution in [0.4, 0.5) is 0 Å². The van der Waals surface area contributed by atoms with Crippen LogP contribution in [0.2, 0.25) is 0 Å². The van der Waals surface area contributed by atoms with Crippen molar-refractivity contribution in [2.75, 3.05) is 6.61 Å². The van der Waals surface area contributed by atoms with Gasteiger partial charge < -0.3 is 9.72 Å². The molecule has 2 aromatic rings. The van der Waals surface area contributed by atoms with E-state index in [1.54, 1.807) is 19.9 Å². The third-order valence-electron chi connectivity index (χ3n) is 3.56. The average Bonchev–Trinajstić information content (AvgIpc) is 2.37. The standard InChI is InChI=1S/C17H21NO3/c1-6-21-16(20)14-10(2)18-15(19)12-8-7-11(9-13(12)14)17(3,4)5/h7-9H,6H2,1-5H3,(H,18,19). The first-order chi connectivity index (χ1) is 9.75. The maximum Gasteiger partial charge on any atom is 0.340 e. The minimum Gasteiger partial charge on any atom is -0.462 e. The van der Waals surface area contributed by atoms with Crippen LogP contribution in [0.15, 0.2) is 23.0 Å². The Hall–Kier alpha value is -2.10. The van der Waals surface area contributed by atoms with Gasteiger partial charge in [-0.05, 0) is 37.0 Å². The van der Waals surface area contributed by atoms with Crippen LogP contribution >= 0.6 is 0 Å². The molecule has 4 heteroatoms. The Bertz CT molecular complexity index is 751. The fraction of sp³-hybridized carbons (Fsp3) is 0.412. The number of fused-ring (bicyclic) bond motifs is 1. The van der Waals surface area contributed by atoms with E-state index >= 15 is 0 Å². The molecule has 0 aliphatic heterocycles. The van der Waals surface area contributed by atoms with Crippen LogP contribution < -0.4 is 5.56 Å². The van der Waals surface area contributed by atoms with Crippen LogP contribution in [0.3, 0.4) is 0 Å². The van der Waals surface area contributed by atoms with Gasteiger partial charge in [-0.25, -0.2) is 4.79 Å². The molecule has 1 aromatic carbocycles. The normalized spacial score (nSPS) is 11.7. The number of nitrogens with one attached hydrogen (secondary N) is 1. The maximum atomic E-state index is 12.2. The van der Waals surface area contributed by atoms with Gasteiger partial charge in [0.05, 0.1) is 12.2 Å². The number of esters is 1. The van der Waals surface area contributed by atoms with Crippen LogP contribution in [-0.2, 0) is 10.2 Å². The van der Waals surface area contributed by atoms with Gasteiger partial charge in [0.1, 0.15) is 0 Å². The molecule has 0 saturated heterocycles. The molecule has 0 aliphatic carbocycles. The molecule has 1 aromatic heterocycles. The number of benzene rings is 1. The van der Waals surface area contributed by atoms with Gasteiger partial charge in [0.25, 0.3) is 5.56 Å². The van der Waals surface area contributed by atoms with Crippen molar-refractivity contribution in [1.29, 1.82) is 0 Å². The van der Waals surface area contributed by atoms with Crippen LogP contribution in [0.5, 0.6) is 0 Å². The van der Waals surface area contributed by atoms with E-state index in [4.69, 9.17) is 4.74 Å². The maximum absolute atomic E-state index is 12.2. The molecule has 0 bridgehead atoms. The number of pyridine rings is 1. The molecular formula is C17H21NO3. The van der Waals surface area contributed by atoms with Crippen LogP contribution in [0.1, 0.15) is 49.3 Å². The third kappa shape index (κ3) is 2.84.